The lowest BCUT2D eigenvalue weighted by Gasteiger charge is -2.36. The van der Waals surface area contributed by atoms with E-state index >= 15 is 0 Å². The number of carbonyl (C=O) groups is 1. The van der Waals surface area contributed by atoms with Gasteiger partial charge in [-0.3, -0.25) is 9.10 Å². The van der Waals surface area contributed by atoms with E-state index < -0.39 is 16.1 Å². The van der Waals surface area contributed by atoms with Gasteiger partial charge in [0.2, 0.25) is 0 Å². The van der Waals surface area contributed by atoms with E-state index in [4.69, 9.17) is 4.74 Å². The molecule has 3 aromatic carbocycles. The molecule has 0 fully saturated rings. The zero-order valence-electron chi connectivity index (χ0n) is 22.2. The lowest BCUT2D eigenvalue weighted by Crippen LogP contribution is -2.50. The molecule has 1 heterocycles. The number of amides is 1. The molecule has 1 aliphatic rings. The molecule has 0 aromatic heterocycles. The van der Waals surface area contributed by atoms with E-state index in [-0.39, 0.29) is 22.8 Å². The van der Waals surface area contributed by atoms with Gasteiger partial charge in [-0.1, -0.05) is 77.1 Å². The van der Waals surface area contributed by atoms with Crippen molar-refractivity contribution < 1.29 is 17.9 Å². The van der Waals surface area contributed by atoms with Crippen molar-refractivity contribution in [1.82, 2.24) is 5.32 Å². The van der Waals surface area contributed by atoms with Gasteiger partial charge in [-0.05, 0) is 64.8 Å². The first-order chi connectivity index (χ1) is 17.5. The second-order valence-electron chi connectivity index (χ2n) is 10.4. The van der Waals surface area contributed by atoms with Gasteiger partial charge < -0.3 is 10.1 Å². The van der Waals surface area contributed by atoms with Crippen LogP contribution < -0.4 is 14.4 Å². The Kier molecular flexibility index (Phi) is 7.64. The van der Waals surface area contributed by atoms with Crippen molar-refractivity contribution in [3.63, 3.8) is 0 Å². The molecule has 1 N–H and O–H groups in total. The largest absolute Gasteiger partial charge is 0.476 e. The molecule has 196 valence electrons. The molecule has 0 unspecified atom stereocenters. The fraction of sp³-hybridized carbons (Fsp3) is 0.367. The molecule has 1 aliphatic heterocycles. The van der Waals surface area contributed by atoms with E-state index in [2.05, 4.69) is 58.1 Å². The topological polar surface area (TPSA) is 75.7 Å². The van der Waals surface area contributed by atoms with Crippen LogP contribution in [0.4, 0.5) is 5.69 Å². The Balaban J connectivity index is 1.66. The monoisotopic (exact) mass is 520 g/mol. The van der Waals surface area contributed by atoms with Crippen LogP contribution in [-0.2, 0) is 39.6 Å². The highest BCUT2D eigenvalue weighted by Gasteiger charge is 2.38. The van der Waals surface area contributed by atoms with Crippen LogP contribution in [0.3, 0.4) is 0 Å². The Morgan fingerprint density at radius 3 is 2.35 bits per heavy atom. The van der Waals surface area contributed by atoms with E-state index in [9.17, 15) is 13.2 Å². The van der Waals surface area contributed by atoms with Crippen molar-refractivity contribution in [2.75, 3.05) is 10.8 Å². The second-order valence-corrected chi connectivity index (χ2v) is 12.3. The summed E-state index contributed by atoms with van der Waals surface area (Å²) in [6.07, 6.45) is 0.795. The first kappa shape index (κ1) is 26.7. The number of benzene rings is 3. The number of rotatable bonds is 7. The molecule has 1 amide bonds. The number of aryl methyl sites for hydroxylation is 2. The summed E-state index contributed by atoms with van der Waals surface area (Å²) in [6.45, 7) is 10.7. The summed E-state index contributed by atoms with van der Waals surface area (Å²) < 4.78 is 34.9. The second kappa shape index (κ2) is 10.6. The van der Waals surface area contributed by atoms with Crippen LogP contribution in [0.15, 0.2) is 71.6 Å². The number of carbonyl (C=O) groups excluding carboxylic acids is 1. The lowest BCUT2D eigenvalue weighted by atomic mass is 9.86. The Hall–Kier alpha value is -3.32. The van der Waals surface area contributed by atoms with Crippen LogP contribution >= 0.6 is 0 Å². The third-order valence-corrected chi connectivity index (χ3v) is 8.62. The van der Waals surface area contributed by atoms with Gasteiger partial charge in [0.25, 0.3) is 15.9 Å². The van der Waals surface area contributed by atoms with E-state index in [1.165, 1.54) is 15.4 Å². The van der Waals surface area contributed by atoms with Crippen molar-refractivity contribution in [2.45, 2.75) is 70.4 Å². The van der Waals surface area contributed by atoms with Crippen molar-refractivity contribution in [3.8, 4) is 5.75 Å². The summed E-state index contributed by atoms with van der Waals surface area (Å²) in [7, 11) is -3.92. The normalized spacial score (nSPS) is 15.6. The number of nitrogens with zero attached hydrogens (tertiary/aromatic N) is 1. The molecule has 0 bridgehead atoms. The Bertz CT molecular complexity index is 1380. The van der Waals surface area contributed by atoms with Crippen LogP contribution in [0.2, 0.25) is 0 Å². The molecule has 37 heavy (non-hydrogen) atoms. The summed E-state index contributed by atoms with van der Waals surface area (Å²) >= 11 is 0. The van der Waals surface area contributed by atoms with Crippen LogP contribution in [0.5, 0.6) is 5.75 Å². The van der Waals surface area contributed by atoms with Crippen LogP contribution in [-0.4, -0.2) is 27.0 Å². The van der Waals surface area contributed by atoms with Gasteiger partial charge in [-0.25, -0.2) is 8.42 Å². The highest BCUT2D eigenvalue weighted by atomic mass is 32.2. The van der Waals surface area contributed by atoms with Crippen molar-refractivity contribution in [2.24, 2.45) is 0 Å². The van der Waals surface area contributed by atoms with Gasteiger partial charge in [0.1, 0.15) is 5.75 Å². The van der Waals surface area contributed by atoms with E-state index in [0.29, 0.717) is 18.0 Å². The van der Waals surface area contributed by atoms with Crippen molar-refractivity contribution in [3.05, 3.63) is 89.0 Å². The van der Waals surface area contributed by atoms with Gasteiger partial charge in [0, 0.05) is 6.54 Å². The molecule has 0 saturated heterocycles. The van der Waals surface area contributed by atoms with Gasteiger partial charge in [-0.2, -0.15) is 0 Å². The summed E-state index contributed by atoms with van der Waals surface area (Å²) in [5, 5.41) is 2.99. The number of fused-ring (bicyclic) bond motifs is 1. The summed E-state index contributed by atoms with van der Waals surface area (Å²) in [6, 6.07) is 20.2. The maximum Gasteiger partial charge on any atom is 0.264 e. The van der Waals surface area contributed by atoms with E-state index in [1.807, 2.05) is 12.1 Å². The first-order valence-corrected chi connectivity index (χ1v) is 14.3. The maximum absolute atomic E-state index is 13.8. The SMILES string of the molecule is CCc1ccc(CC)c(CNC(=O)[C@H]2CN(S(=O)(=O)c3ccccc3)c3cc(C(C)(C)C)ccc3O2)c1. The maximum atomic E-state index is 13.8. The highest BCUT2D eigenvalue weighted by molar-refractivity contribution is 7.92. The third kappa shape index (κ3) is 5.67. The summed E-state index contributed by atoms with van der Waals surface area (Å²) in [4.78, 5) is 13.5. The fourth-order valence-electron chi connectivity index (χ4n) is 4.51. The Labute approximate surface area is 220 Å². The predicted molar refractivity (Wildman–Crippen MR) is 148 cm³/mol. The number of nitrogens with one attached hydrogen (secondary N) is 1. The fourth-order valence-corrected chi connectivity index (χ4v) is 6.00. The average Bonchev–Trinajstić information content (AvgIpc) is 2.90. The molecule has 7 heteroatoms. The standard InChI is InChI=1S/C30H36N2O4S/c1-6-21-13-14-22(7-2)23(17-21)19-31-29(33)28-20-32(37(34,35)25-11-9-8-10-12-25)26-18-24(30(3,4)5)15-16-27(26)36-28/h8-18,28H,6-7,19-20H2,1-5H3,(H,31,33)/t28-/m1/s1. The third-order valence-electron chi connectivity index (χ3n) is 6.83. The van der Waals surface area contributed by atoms with Gasteiger partial charge in [0.15, 0.2) is 6.10 Å². The van der Waals surface area contributed by atoms with Crippen LogP contribution in [0.1, 0.15) is 56.9 Å². The van der Waals surface area contributed by atoms with E-state index in [1.54, 1.807) is 36.4 Å². The average molecular weight is 521 g/mol. The molecule has 3 aromatic rings. The lowest BCUT2D eigenvalue weighted by molar-refractivity contribution is -0.127. The highest BCUT2D eigenvalue weighted by Crippen LogP contribution is 2.40. The van der Waals surface area contributed by atoms with Gasteiger partial charge >= 0.3 is 0 Å². The number of hydrogen-bond acceptors (Lipinski definition) is 4. The summed E-state index contributed by atoms with van der Waals surface area (Å²) in [5.74, 6) is 0.0314. The molecule has 0 saturated carbocycles. The minimum absolute atomic E-state index is 0.112. The quantitative estimate of drug-likeness (QED) is 0.454. The molecule has 0 spiro atoms. The molecule has 6 nitrogen and oxygen atoms in total. The van der Waals surface area contributed by atoms with E-state index in [0.717, 1.165) is 24.0 Å². The molecular weight excluding hydrogens is 484 g/mol. The smallest absolute Gasteiger partial charge is 0.264 e. The molecule has 4 rings (SSSR count). The van der Waals surface area contributed by atoms with Crippen molar-refractivity contribution in [1.29, 1.82) is 0 Å². The number of ether oxygens (including phenoxy) is 1. The molecule has 0 radical (unpaired) electrons. The summed E-state index contributed by atoms with van der Waals surface area (Å²) in [5.41, 5.74) is 4.69. The number of anilines is 1. The molecule has 1 atom stereocenters. The number of hydrogen-bond donors (Lipinski definition) is 1. The minimum atomic E-state index is -3.92. The Morgan fingerprint density at radius 2 is 1.70 bits per heavy atom. The molecular formula is C30H36N2O4S. The van der Waals surface area contributed by atoms with Gasteiger partial charge in [0.05, 0.1) is 17.1 Å². The zero-order chi connectivity index (χ0) is 26.8. The Morgan fingerprint density at radius 1 is 0.973 bits per heavy atom. The van der Waals surface area contributed by atoms with Crippen molar-refractivity contribution >= 4 is 21.6 Å². The zero-order valence-corrected chi connectivity index (χ0v) is 23.1. The van der Waals surface area contributed by atoms with Crippen LogP contribution in [0.25, 0.3) is 0 Å². The molecule has 0 aliphatic carbocycles. The predicted octanol–water partition coefficient (Wildman–Crippen LogP) is 5.38. The minimum Gasteiger partial charge on any atom is -0.476 e. The number of sulfonamides is 1. The van der Waals surface area contributed by atoms with Gasteiger partial charge in [-0.15, -0.1) is 0 Å². The van der Waals surface area contributed by atoms with Crippen LogP contribution in [0, 0.1) is 0 Å². The first-order valence-electron chi connectivity index (χ1n) is 12.8.